The molecule has 2 rings (SSSR count). The summed E-state index contributed by atoms with van der Waals surface area (Å²) in [5.74, 6) is 0.490. The van der Waals surface area contributed by atoms with Gasteiger partial charge in [0, 0.05) is 10.8 Å². The van der Waals surface area contributed by atoms with Gasteiger partial charge in [0.25, 0.3) is 0 Å². The van der Waals surface area contributed by atoms with Crippen molar-refractivity contribution in [1.29, 1.82) is 0 Å². The van der Waals surface area contributed by atoms with E-state index < -0.39 is 10.8 Å². The predicted octanol–water partition coefficient (Wildman–Crippen LogP) is 3.70. The summed E-state index contributed by atoms with van der Waals surface area (Å²) in [6.07, 6.45) is 4.61. The molecule has 102 valence electrons. The minimum Gasteiger partial charge on any atom is -0.293 e. The molecule has 0 bridgehead atoms. The maximum Gasteiger partial charge on any atom is 0.175 e. The number of hydrogen-bond acceptors (Lipinski definition) is 2. The fourth-order valence-corrected chi connectivity index (χ4v) is 3.80. The first-order valence-electron chi connectivity index (χ1n) is 6.86. The summed E-state index contributed by atoms with van der Waals surface area (Å²) in [6, 6.07) is 9.23. The molecule has 0 heterocycles. The topological polar surface area (TPSA) is 34.1 Å². The van der Waals surface area contributed by atoms with E-state index in [-0.39, 0.29) is 11.7 Å². The Morgan fingerprint density at radius 3 is 2.58 bits per heavy atom. The monoisotopic (exact) mass is 276 g/mol. The minimum absolute atomic E-state index is 0.0395. The molecule has 0 saturated heterocycles. The van der Waals surface area contributed by atoms with E-state index in [1.165, 1.54) is 0 Å². The van der Waals surface area contributed by atoms with Crippen LogP contribution in [0.25, 0.3) is 0 Å². The molecule has 0 saturated carbocycles. The Hall–Kier alpha value is -1.22. The van der Waals surface area contributed by atoms with Crippen molar-refractivity contribution in [2.24, 2.45) is 11.8 Å². The number of Topliss-reactive ketones (excluding diaryl/α,β-unsaturated/α-hetero) is 1. The number of hydrogen-bond donors (Lipinski definition) is 0. The largest absolute Gasteiger partial charge is 0.293 e. The Bertz CT molecular complexity index is 505. The van der Waals surface area contributed by atoms with E-state index in [9.17, 15) is 9.00 Å². The van der Waals surface area contributed by atoms with Crippen LogP contribution in [0.1, 0.15) is 33.1 Å². The molecule has 1 aliphatic carbocycles. The SMILES string of the molecule is CCC[C@@H]1C(=O)C(S(=O)c2ccccc2)=CC[C@H]1C. The summed E-state index contributed by atoms with van der Waals surface area (Å²) < 4.78 is 12.5. The van der Waals surface area contributed by atoms with Crippen molar-refractivity contribution in [2.75, 3.05) is 0 Å². The molecule has 0 spiro atoms. The van der Waals surface area contributed by atoms with Gasteiger partial charge in [-0.25, -0.2) is 4.21 Å². The first-order chi connectivity index (χ1) is 9.15. The Kier molecular flexibility index (Phi) is 4.70. The highest BCUT2D eigenvalue weighted by Gasteiger charge is 2.33. The molecule has 0 amide bonds. The molecule has 0 N–H and O–H groups in total. The van der Waals surface area contributed by atoms with Gasteiger partial charge in [-0.05, 0) is 30.9 Å². The standard InChI is InChI=1S/C16H20O2S/c1-3-7-14-12(2)10-11-15(16(14)17)19(18)13-8-5-4-6-9-13/h4-6,8-9,11-12,14H,3,7,10H2,1-2H3/t12-,14+,19?/m1/s1. The summed E-state index contributed by atoms with van der Waals surface area (Å²) in [7, 11) is -1.33. The summed E-state index contributed by atoms with van der Waals surface area (Å²) in [5, 5.41) is 0. The van der Waals surface area contributed by atoms with Crippen molar-refractivity contribution in [3.63, 3.8) is 0 Å². The fraction of sp³-hybridized carbons (Fsp3) is 0.438. The number of ketones is 1. The molecule has 19 heavy (non-hydrogen) atoms. The van der Waals surface area contributed by atoms with Gasteiger partial charge in [0.1, 0.15) is 0 Å². The summed E-state index contributed by atoms with van der Waals surface area (Å²) in [5.41, 5.74) is 0. The van der Waals surface area contributed by atoms with Crippen LogP contribution in [0.15, 0.2) is 46.2 Å². The lowest BCUT2D eigenvalue weighted by Crippen LogP contribution is -2.28. The van der Waals surface area contributed by atoms with Crippen LogP contribution in [-0.4, -0.2) is 9.99 Å². The Labute approximate surface area is 117 Å². The van der Waals surface area contributed by atoms with Crippen LogP contribution in [0.4, 0.5) is 0 Å². The van der Waals surface area contributed by atoms with E-state index in [0.29, 0.717) is 15.7 Å². The Balaban J connectivity index is 2.25. The van der Waals surface area contributed by atoms with E-state index in [2.05, 4.69) is 13.8 Å². The summed E-state index contributed by atoms with van der Waals surface area (Å²) in [4.78, 5) is 13.7. The van der Waals surface area contributed by atoms with Gasteiger partial charge in [-0.15, -0.1) is 0 Å². The average Bonchev–Trinajstić information content (AvgIpc) is 2.44. The zero-order chi connectivity index (χ0) is 13.8. The number of rotatable bonds is 4. The van der Waals surface area contributed by atoms with Crippen LogP contribution in [0.5, 0.6) is 0 Å². The van der Waals surface area contributed by atoms with Crippen molar-refractivity contribution in [2.45, 2.75) is 38.0 Å². The van der Waals surface area contributed by atoms with Gasteiger partial charge in [0.15, 0.2) is 5.78 Å². The minimum atomic E-state index is -1.33. The lowest BCUT2D eigenvalue weighted by molar-refractivity contribution is -0.120. The van der Waals surface area contributed by atoms with Crippen LogP contribution in [0.3, 0.4) is 0 Å². The molecule has 1 aromatic carbocycles. The molecule has 0 aliphatic heterocycles. The van der Waals surface area contributed by atoms with Crippen LogP contribution in [-0.2, 0) is 15.6 Å². The molecular weight excluding hydrogens is 256 g/mol. The van der Waals surface area contributed by atoms with E-state index in [4.69, 9.17) is 0 Å². The van der Waals surface area contributed by atoms with Gasteiger partial charge in [-0.1, -0.05) is 44.5 Å². The van der Waals surface area contributed by atoms with Crippen LogP contribution in [0.2, 0.25) is 0 Å². The van der Waals surface area contributed by atoms with Gasteiger partial charge in [0.2, 0.25) is 0 Å². The summed E-state index contributed by atoms with van der Waals surface area (Å²) in [6.45, 7) is 4.20. The van der Waals surface area contributed by atoms with Crippen LogP contribution in [0, 0.1) is 11.8 Å². The zero-order valence-electron chi connectivity index (χ0n) is 11.5. The van der Waals surface area contributed by atoms with E-state index in [0.717, 1.165) is 19.3 Å². The lowest BCUT2D eigenvalue weighted by atomic mass is 9.80. The van der Waals surface area contributed by atoms with Crippen LogP contribution >= 0.6 is 0 Å². The maximum absolute atomic E-state index is 12.5. The molecule has 0 aromatic heterocycles. The molecule has 3 atom stereocenters. The normalized spacial score (nSPS) is 24.9. The van der Waals surface area contributed by atoms with Crippen LogP contribution < -0.4 is 0 Å². The van der Waals surface area contributed by atoms with E-state index in [1.54, 1.807) is 0 Å². The van der Waals surface area contributed by atoms with Gasteiger partial charge in [0.05, 0.1) is 15.7 Å². The van der Waals surface area contributed by atoms with Gasteiger partial charge < -0.3 is 0 Å². The predicted molar refractivity (Wildman–Crippen MR) is 78.1 cm³/mol. The first-order valence-corrected chi connectivity index (χ1v) is 8.01. The van der Waals surface area contributed by atoms with Crippen molar-refractivity contribution in [3.8, 4) is 0 Å². The van der Waals surface area contributed by atoms with Crippen molar-refractivity contribution in [1.82, 2.24) is 0 Å². The lowest BCUT2D eigenvalue weighted by Gasteiger charge is -2.26. The highest BCUT2D eigenvalue weighted by molar-refractivity contribution is 7.90. The highest BCUT2D eigenvalue weighted by atomic mass is 32.2. The van der Waals surface area contributed by atoms with E-state index in [1.807, 2.05) is 36.4 Å². The number of benzene rings is 1. The second kappa shape index (κ2) is 6.29. The number of allylic oxidation sites excluding steroid dienone is 2. The van der Waals surface area contributed by atoms with Gasteiger partial charge >= 0.3 is 0 Å². The fourth-order valence-electron chi connectivity index (χ4n) is 2.56. The molecule has 0 fully saturated rings. The highest BCUT2D eigenvalue weighted by Crippen LogP contribution is 2.32. The third kappa shape index (κ3) is 3.03. The van der Waals surface area contributed by atoms with Crippen molar-refractivity contribution < 1.29 is 9.00 Å². The molecular formula is C16H20O2S. The van der Waals surface area contributed by atoms with Crippen molar-refractivity contribution >= 4 is 16.6 Å². The molecule has 1 aromatic rings. The molecule has 1 aliphatic rings. The van der Waals surface area contributed by atoms with E-state index >= 15 is 0 Å². The molecule has 2 nitrogen and oxygen atoms in total. The third-order valence-corrected chi connectivity index (χ3v) is 5.17. The second-order valence-electron chi connectivity index (χ2n) is 5.12. The summed E-state index contributed by atoms with van der Waals surface area (Å²) >= 11 is 0. The first kappa shape index (κ1) is 14.2. The molecule has 1 unspecified atom stereocenters. The second-order valence-corrected chi connectivity index (χ2v) is 6.57. The Morgan fingerprint density at radius 1 is 1.26 bits per heavy atom. The molecule has 3 heteroatoms. The quantitative estimate of drug-likeness (QED) is 0.840. The molecule has 0 radical (unpaired) electrons. The number of carbonyl (C=O) groups is 1. The van der Waals surface area contributed by atoms with Gasteiger partial charge in [-0.3, -0.25) is 4.79 Å². The maximum atomic E-state index is 12.5. The van der Waals surface area contributed by atoms with Gasteiger partial charge in [-0.2, -0.15) is 0 Å². The average molecular weight is 276 g/mol. The third-order valence-electron chi connectivity index (χ3n) is 3.70. The smallest absolute Gasteiger partial charge is 0.175 e. The zero-order valence-corrected chi connectivity index (χ0v) is 12.3. The Morgan fingerprint density at radius 2 is 1.95 bits per heavy atom. The van der Waals surface area contributed by atoms with Crippen molar-refractivity contribution in [3.05, 3.63) is 41.3 Å². The number of carbonyl (C=O) groups excluding carboxylic acids is 1.